The molecule has 0 radical (unpaired) electrons. The maximum absolute atomic E-state index is 9.11. The molecule has 3 rings (SSSR count). The Kier molecular flexibility index (Phi) is 4.88. The van der Waals surface area contributed by atoms with Crippen molar-refractivity contribution in [3.63, 3.8) is 0 Å². The normalized spacial score (nSPS) is 10.2. The van der Waals surface area contributed by atoms with Gasteiger partial charge in [-0.3, -0.25) is 0 Å². The minimum absolute atomic E-state index is 0.623. The summed E-state index contributed by atoms with van der Waals surface area (Å²) in [6, 6.07) is 26.7. The van der Waals surface area contributed by atoms with Gasteiger partial charge in [-0.2, -0.15) is 5.26 Å². The number of anilines is 1. The molecular formula is C21H19N3. The molecule has 0 atom stereocenters. The fourth-order valence-electron chi connectivity index (χ4n) is 2.67. The van der Waals surface area contributed by atoms with Crippen LogP contribution in [0.4, 0.5) is 5.82 Å². The highest BCUT2D eigenvalue weighted by Crippen LogP contribution is 2.20. The molecule has 0 amide bonds. The van der Waals surface area contributed by atoms with Crippen LogP contribution in [-0.4, -0.2) is 4.98 Å². The van der Waals surface area contributed by atoms with Gasteiger partial charge in [0.25, 0.3) is 0 Å². The molecule has 24 heavy (non-hydrogen) atoms. The van der Waals surface area contributed by atoms with Crippen LogP contribution in [-0.2, 0) is 13.1 Å². The molecule has 118 valence electrons. The van der Waals surface area contributed by atoms with Crippen molar-refractivity contribution in [2.75, 3.05) is 4.90 Å². The largest absolute Gasteiger partial charge is 0.348 e. The average molecular weight is 313 g/mol. The SMILES string of the molecule is Cc1nc(N(Cc2ccccc2)Cc2ccccc2)ccc1C#N. The van der Waals surface area contributed by atoms with Crippen molar-refractivity contribution < 1.29 is 0 Å². The zero-order valence-electron chi connectivity index (χ0n) is 13.7. The smallest absolute Gasteiger partial charge is 0.129 e. The minimum atomic E-state index is 0.623. The molecule has 0 aliphatic rings. The Morgan fingerprint density at radius 1 is 0.833 bits per heavy atom. The molecule has 0 fully saturated rings. The number of hydrogen-bond acceptors (Lipinski definition) is 3. The van der Waals surface area contributed by atoms with Crippen LogP contribution in [0.25, 0.3) is 0 Å². The van der Waals surface area contributed by atoms with E-state index in [1.807, 2.05) is 55.5 Å². The van der Waals surface area contributed by atoms with Crippen LogP contribution in [0, 0.1) is 18.3 Å². The standard InChI is InChI=1S/C21H19N3/c1-17-20(14-22)12-13-21(23-17)24(15-18-8-4-2-5-9-18)16-19-10-6-3-7-11-19/h2-13H,15-16H2,1H3. The van der Waals surface area contributed by atoms with Gasteiger partial charge in [-0.05, 0) is 30.2 Å². The predicted octanol–water partition coefficient (Wildman–Crippen LogP) is 4.47. The van der Waals surface area contributed by atoms with Gasteiger partial charge in [0.05, 0.1) is 11.3 Å². The fourth-order valence-corrected chi connectivity index (χ4v) is 2.67. The van der Waals surface area contributed by atoms with Crippen LogP contribution >= 0.6 is 0 Å². The quantitative estimate of drug-likeness (QED) is 0.698. The fraction of sp³-hybridized carbons (Fsp3) is 0.143. The van der Waals surface area contributed by atoms with Crippen molar-refractivity contribution >= 4 is 5.82 Å². The van der Waals surface area contributed by atoms with Gasteiger partial charge in [-0.1, -0.05) is 60.7 Å². The lowest BCUT2D eigenvalue weighted by molar-refractivity contribution is 0.780. The second-order valence-corrected chi connectivity index (χ2v) is 5.74. The van der Waals surface area contributed by atoms with E-state index >= 15 is 0 Å². The van der Waals surface area contributed by atoms with E-state index in [2.05, 4.69) is 40.2 Å². The summed E-state index contributed by atoms with van der Waals surface area (Å²) in [7, 11) is 0. The van der Waals surface area contributed by atoms with E-state index in [-0.39, 0.29) is 0 Å². The van der Waals surface area contributed by atoms with Crippen LogP contribution in [0.2, 0.25) is 0 Å². The highest BCUT2D eigenvalue weighted by Gasteiger charge is 2.11. The van der Waals surface area contributed by atoms with Crippen LogP contribution < -0.4 is 4.90 Å². The molecule has 0 bridgehead atoms. The Morgan fingerprint density at radius 3 is 1.83 bits per heavy atom. The van der Waals surface area contributed by atoms with Gasteiger partial charge in [0, 0.05) is 13.1 Å². The number of pyridine rings is 1. The van der Waals surface area contributed by atoms with Gasteiger partial charge in [-0.15, -0.1) is 0 Å². The third kappa shape index (κ3) is 3.80. The van der Waals surface area contributed by atoms with E-state index in [0.29, 0.717) is 5.56 Å². The summed E-state index contributed by atoms with van der Waals surface area (Å²) in [6.07, 6.45) is 0. The zero-order valence-corrected chi connectivity index (χ0v) is 13.7. The number of hydrogen-bond donors (Lipinski definition) is 0. The van der Waals surface area contributed by atoms with Gasteiger partial charge in [0.2, 0.25) is 0 Å². The number of benzene rings is 2. The number of rotatable bonds is 5. The lowest BCUT2D eigenvalue weighted by Gasteiger charge is -2.24. The van der Waals surface area contributed by atoms with Crippen molar-refractivity contribution in [2.24, 2.45) is 0 Å². The molecule has 0 saturated carbocycles. The van der Waals surface area contributed by atoms with E-state index in [9.17, 15) is 0 Å². The summed E-state index contributed by atoms with van der Waals surface area (Å²) in [6.45, 7) is 3.42. The lowest BCUT2D eigenvalue weighted by Crippen LogP contribution is -2.23. The Labute approximate surface area is 142 Å². The molecule has 0 aliphatic heterocycles. The Balaban J connectivity index is 1.92. The summed E-state index contributed by atoms with van der Waals surface area (Å²) >= 11 is 0. The van der Waals surface area contributed by atoms with Gasteiger partial charge < -0.3 is 4.90 Å². The first-order valence-electron chi connectivity index (χ1n) is 7.97. The van der Waals surface area contributed by atoms with Crippen molar-refractivity contribution in [1.29, 1.82) is 5.26 Å². The summed E-state index contributed by atoms with van der Waals surface area (Å²) < 4.78 is 0. The summed E-state index contributed by atoms with van der Waals surface area (Å²) in [4.78, 5) is 6.87. The minimum Gasteiger partial charge on any atom is -0.348 e. The molecular weight excluding hydrogens is 294 g/mol. The topological polar surface area (TPSA) is 39.9 Å². The Morgan fingerprint density at radius 2 is 1.38 bits per heavy atom. The second-order valence-electron chi connectivity index (χ2n) is 5.74. The lowest BCUT2D eigenvalue weighted by atomic mass is 10.1. The molecule has 0 spiro atoms. The first-order chi connectivity index (χ1) is 11.8. The third-order valence-corrected chi connectivity index (χ3v) is 3.95. The van der Waals surface area contributed by atoms with Crippen LogP contribution in [0.5, 0.6) is 0 Å². The van der Waals surface area contributed by atoms with E-state index in [1.165, 1.54) is 11.1 Å². The molecule has 0 N–H and O–H groups in total. The molecule has 0 saturated heterocycles. The van der Waals surface area contributed by atoms with E-state index < -0.39 is 0 Å². The van der Waals surface area contributed by atoms with Crippen molar-refractivity contribution in [3.05, 3.63) is 95.2 Å². The number of nitriles is 1. The molecule has 3 aromatic rings. The van der Waals surface area contributed by atoms with Crippen molar-refractivity contribution in [3.8, 4) is 6.07 Å². The highest BCUT2D eigenvalue weighted by molar-refractivity contribution is 5.46. The first kappa shape index (κ1) is 15.8. The maximum Gasteiger partial charge on any atom is 0.129 e. The average Bonchev–Trinajstić information content (AvgIpc) is 2.63. The van der Waals surface area contributed by atoms with Crippen molar-refractivity contribution in [2.45, 2.75) is 20.0 Å². The molecule has 3 heteroatoms. The van der Waals surface area contributed by atoms with Gasteiger partial charge in [-0.25, -0.2) is 4.98 Å². The maximum atomic E-state index is 9.11. The molecule has 3 nitrogen and oxygen atoms in total. The van der Waals surface area contributed by atoms with Crippen LogP contribution in [0.15, 0.2) is 72.8 Å². The Bertz CT molecular complexity index is 794. The third-order valence-electron chi connectivity index (χ3n) is 3.95. The van der Waals surface area contributed by atoms with Gasteiger partial charge in [0.1, 0.15) is 11.9 Å². The zero-order chi connectivity index (χ0) is 16.8. The van der Waals surface area contributed by atoms with E-state index in [0.717, 1.165) is 24.6 Å². The predicted molar refractivity (Wildman–Crippen MR) is 96.5 cm³/mol. The van der Waals surface area contributed by atoms with E-state index in [1.54, 1.807) is 0 Å². The monoisotopic (exact) mass is 313 g/mol. The van der Waals surface area contributed by atoms with Crippen LogP contribution in [0.3, 0.4) is 0 Å². The van der Waals surface area contributed by atoms with Crippen LogP contribution in [0.1, 0.15) is 22.4 Å². The van der Waals surface area contributed by atoms with Crippen molar-refractivity contribution in [1.82, 2.24) is 4.98 Å². The second kappa shape index (κ2) is 7.43. The van der Waals surface area contributed by atoms with E-state index in [4.69, 9.17) is 5.26 Å². The highest BCUT2D eigenvalue weighted by atomic mass is 15.2. The molecule has 2 aromatic carbocycles. The summed E-state index contributed by atoms with van der Waals surface area (Å²) in [5.74, 6) is 0.888. The summed E-state index contributed by atoms with van der Waals surface area (Å²) in [5, 5.41) is 9.11. The molecule has 0 unspecified atom stereocenters. The number of nitrogens with zero attached hydrogens (tertiary/aromatic N) is 3. The summed E-state index contributed by atoms with van der Waals surface area (Å²) in [5.41, 5.74) is 3.86. The number of aryl methyl sites for hydroxylation is 1. The molecule has 1 aromatic heterocycles. The molecule has 0 aliphatic carbocycles. The van der Waals surface area contributed by atoms with Gasteiger partial charge in [0.15, 0.2) is 0 Å². The molecule has 1 heterocycles. The number of aromatic nitrogens is 1. The Hall–Kier alpha value is -3.12. The van der Waals surface area contributed by atoms with Gasteiger partial charge >= 0.3 is 0 Å². The first-order valence-corrected chi connectivity index (χ1v) is 7.97.